The predicted molar refractivity (Wildman–Crippen MR) is 82.2 cm³/mol. The second kappa shape index (κ2) is 4.29. The minimum Gasteiger partial charge on any atom is -0.399 e. The molecule has 0 N–H and O–H groups in total. The van der Waals surface area contributed by atoms with Crippen molar-refractivity contribution in [2.24, 2.45) is 0 Å². The summed E-state index contributed by atoms with van der Waals surface area (Å²) < 4.78 is 27.5. The fourth-order valence-electron chi connectivity index (χ4n) is 2.37. The van der Waals surface area contributed by atoms with E-state index in [9.17, 15) is 4.39 Å². The topological polar surface area (TPSA) is 18.5 Å². The number of halogens is 1. The molecule has 0 unspecified atom stereocenters. The summed E-state index contributed by atoms with van der Waals surface area (Å²) in [5, 5.41) is 0.653. The van der Waals surface area contributed by atoms with E-state index in [1.54, 1.807) is 17.4 Å². The van der Waals surface area contributed by atoms with Crippen LogP contribution in [0.25, 0.3) is 10.1 Å². The number of rotatable bonds is 1. The molecule has 1 saturated heterocycles. The molecule has 1 aromatic heterocycles. The summed E-state index contributed by atoms with van der Waals surface area (Å²) in [4.78, 5) is 1.10. The van der Waals surface area contributed by atoms with E-state index < -0.39 is 18.3 Å². The molecule has 0 saturated carbocycles. The lowest BCUT2D eigenvalue weighted by Gasteiger charge is -2.32. The lowest BCUT2D eigenvalue weighted by Crippen LogP contribution is -2.41. The van der Waals surface area contributed by atoms with Crippen molar-refractivity contribution in [2.75, 3.05) is 0 Å². The summed E-state index contributed by atoms with van der Waals surface area (Å²) in [6.07, 6.45) is 0. The molecule has 0 atom stereocenters. The third kappa shape index (κ3) is 2.00. The Morgan fingerprint density at radius 3 is 2.30 bits per heavy atom. The molecule has 1 fully saturated rings. The van der Waals surface area contributed by atoms with Crippen molar-refractivity contribution in [1.29, 1.82) is 0 Å². The average molecular weight is 292 g/mol. The molecule has 1 aliphatic rings. The minimum absolute atomic E-state index is 0.231. The van der Waals surface area contributed by atoms with Gasteiger partial charge in [-0.3, -0.25) is 0 Å². The van der Waals surface area contributed by atoms with Gasteiger partial charge in [0.15, 0.2) is 0 Å². The van der Waals surface area contributed by atoms with Gasteiger partial charge in [-0.2, -0.15) is 0 Å². The molecule has 2 nitrogen and oxygen atoms in total. The molecular weight excluding hydrogens is 274 g/mol. The van der Waals surface area contributed by atoms with Crippen LogP contribution in [-0.2, 0) is 9.31 Å². The highest BCUT2D eigenvalue weighted by molar-refractivity contribution is 7.19. The Bertz CT molecular complexity index is 662. The highest BCUT2D eigenvalue weighted by Gasteiger charge is 2.52. The largest absolute Gasteiger partial charge is 0.497 e. The van der Waals surface area contributed by atoms with E-state index in [1.165, 1.54) is 0 Å². The molecule has 0 spiro atoms. The first-order chi connectivity index (χ1) is 9.21. The Morgan fingerprint density at radius 2 is 1.70 bits per heavy atom. The molecule has 5 heteroatoms. The van der Waals surface area contributed by atoms with Crippen molar-refractivity contribution in [1.82, 2.24) is 0 Å². The van der Waals surface area contributed by atoms with Gasteiger partial charge < -0.3 is 9.31 Å². The van der Waals surface area contributed by atoms with Crippen molar-refractivity contribution in [3.05, 3.63) is 28.9 Å². The van der Waals surface area contributed by atoms with Crippen LogP contribution in [0.3, 0.4) is 0 Å². The SMILES string of the molecule is Cc1cc2c(F)c(B3OC(C)(C)C(C)(C)O3)ccc2s1. The Balaban J connectivity index is 2.06. The van der Waals surface area contributed by atoms with E-state index in [2.05, 4.69) is 0 Å². The van der Waals surface area contributed by atoms with Gasteiger partial charge in [-0.15, -0.1) is 11.3 Å². The predicted octanol–water partition coefficient (Wildman–Crippen LogP) is 3.65. The molecule has 106 valence electrons. The molecule has 0 radical (unpaired) electrons. The van der Waals surface area contributed by atoms with E-state index in [1.807, 2.05) is 46.8 Å². The number of hydrogen-bond acceptors (Lipinski definition) is 3. The monoisotopic (exact) mass is 292 g/mol. The van der Waals surface area contributed by atoms with Gasteiger partial charge >= 0.3 is 7.12 Å². The fraction of sp³-hybridized carbons (Fsp3) is 0.467. The molecule has 2 heterocycles. The first kappa shape index (κ1) is 14.0. The van der Waals surface area contributed by atoms with Crippen LogP contribution in [-0.4, -0.2) is 18.3 Å². The van der Waals surface area contributed by atoms with Gasteiger partial charge in [-0.25, -0.2) is 4.39 Å². The van der Waals surface area contributed by atoms with Gasteiger partial charge in [0.05, 0.1) is 11.2 Å². The van der Waals surface area contributed by atoms with Crippen molar-refractivity contribution >= 4 is 34.0 Å². The summed E-state index contributed by atoms with van der Waals surface area (Å²) in [7, 11) is -0.649. The summed E-state index contributed by atoms with van der Waals surface area (Å²) in [6, 6.07) is 5.59. The Labute approximate surface area is 123 Å². The summed E-state index contributed by atoms with van der Waals surface area (Å²) >= 11 is 1.60. The number of fused-ring (bicyclic) bond motifs is 1. The molecule has 1 aliphatic heterocycles. The summed E-state index contributed by atoms with van der Waals surface area (Å²) in [5.41, 5.74) is -0.429. The van der Waals surface area contributed by atoms with Crippen LogP contribution in [0.4, 0.5) is 4.39 Å². The van der Waals surface area contributed by atoms with Crippen LogP contribution in [0, 0.1) is 12.7 Å². The van der Waals surface area contributed by atoms with E-state index in [0.29, 0.717) is 10.8 Å². The fourth-order valence-corrected chi connectivity index (χ4v) is 3.29. The maximum Gasteiger partial charge on any atom is 0.497 e. The molecule has 3 rings (SSSR count). The van der Waals surface area contributed by atoms with Crippen LogP contribution in [0.15, 0.2) is 18.2 Å². The Hall–Kier alpha value is -0.905. The number of hydrogen-bond donors (Lipinski definition) is 0. The zero-order valence-electron chi connectivity index (χ0n) is 12.4. The van der Waals surface area contributed by atoms with E-state index in [4.69, 9.17) is 9.31 Å². The van der Waals surface area contributed by atoms with E-state index in [-0.39, 0.29) is 5.82 Å². The van der Waals surface area contributed by atoms with Crippen LogP contribution in [0.2, 0.25) is 0 Å². The van der Waals surface area contributed by atoms with Gasteiger partial charge in [0.2, 0.25) is 0 Å². The quantitative estimate of drug-likeness (QED) is 0.747. The molecule has 2 aromatic rings. The maximum absolute atomic E-state index is 14.7. The number of thiophene rings is 1. The van der Waals surface area contributed by atoms with Crippen LogP contribution < -0.4 is 5.46 Å². The summed E-state index contributed by atoms with van der Waals surface area (Å²) in [6.45, 7) is 9.87. The first-order valence-electron chi connectivity index (χ1n) is 6.75. The molecule has 1 aromatic carbocycles. The van der Waals surface area contributed by atoms with E-state index in [0.717, 1.165) is 9.58 Å². The molecule has 0 bridgehead atoms. The van der Waals surface area contributed by atoms with Gasteiger partial charge in [-0.05, 0) is 46.8 Å². The van der Waals surface area contributed by atoms with Crippen molar-refractivity contribution < 1.29 is 13.7 Å². The van der Waals surface area contributed by atoms with E-state index >= 15 is 0 Å². The Kier molecular flexibility index (Phi) is 3.02. The highest BCUT2D eigenvalue weighted by Crippen LogP contribution is 2.37. The lowest BCUT2D eigenvalue weighted by atomic mass is 9.78. The third-order valence-electron chi connectivity index (χ3n) is 4.30. The highest BCUT2D eigenvalue weighted by atomic mass is 32.1. The first-order valence-corrected chi connectivity index (χ1v) is 7.57. The Morgan fingerprint density at radius 1 is 1.10 bits per heavy atom. The number of benzene rings is 1. The summed E-state index contributed by atoms with van der Waals surface area (Å²) in [5.74, 6) is -0.231. The average Bonchev–Trinajstić information content (AvgIpc) is 2.78. The maximum atomic E-state index is 14.7. The van der Waals surface area contributed by atoms with Gasteiger partial charge in [0, 0.05) is 20.4 Å². The zero-order valence-corrected chi connectivity index (χ0v) is 13.2. The second-order valence-corrected chi connectivity index (χ2v) is 7.61. The molecule has 20 heavy (non-hydrogen) atoms. The molecular formula is C15H18BFO2S. The zero-order chi connectivity index (χ0) is 14.7. The standard InChI is InChI=1S/C15H18BFO2S/c1-9-8-10-12(20-9)7-6-11(13(10)17)16-18-14(2,3)15(4,5)19-16/h6-8H,1-5H3. The van der Waals surface area contributed by atoms with Crippen molar-refractivity contribution in [3.8, 4) is 0 Å². The van der Waals surface area contributed by atoms with Crippen molar-refractivity contribution in [3.63, 3.8) is 0 Å². The van der Waals surface area contributed by atoms with Crippen molar-refractivity contribution in [2.45, 2.75) is 45.8 Å². The van der Waals surface area contributed by atoms with Crippen LogP contribution in [0.5, 0.6) is 0 Å². The van der Waals surface area contributed by atoms with Crippen LogP contribution in [0.1, 0.15) is 32.6 Å². The van der Waals surface area contributed by atoms with Crippen LogP contribution >= 0.6 is 11.3 Å². The number of aryl methyl sites for hydroxylation is 1. The smallest absolute Gasteiger partial charge is 0.399 e. The van der Waals surface area contributed by atoms with Gasteiger partial charge in [0.1, 0.15) is 5.82 Å². The third-order valence-corrected chi connectivity index (χ3v) is 5.31. The second-order valence-electron chi connectivity index (χ2n) is 6.33. The lowest BCUT2D eigenvalue weighted by molar-refractivity contribution is 0.00578. The van der Waals surface area contributed by atoms with Gasteiger partial charge in [-0.1, -0.05) is 6.07 Å². The normalized spacial score (nSPS) is 20.8. The minimum atomic E-state index is -0.649. The molecule has 0 amide bonds. The molecule has 0 aliphatic carbocycles. The van der Waals surface area contributed by atoms with Gasteiger partial charge in [0.25, 0.3) is 0 Å².